The minimum absolute atomic E-state index is 0.0824. The predicted molar refractivity (Wildman–Crippen MR) is 67.6 cm³/mol. The molecule has 0 spiro atoms. The zero-order valence-corrected chi connectivity index (χ0v) is 10.8. The topological polar surface area (TPSA) is 96.2 Å². The number of nitrogens with zero attached hydrogens (tertiary/aromatic N) is 2. The zero-order valence-electron chi connectivity index (χ0n) is 10.8. The Bertz CT molecular complexity index is 467. The molecule has 2 amide bonds. The Hall–Kier alpha value is -2.05. The number of hydrogen-bond donors (Lipinski definition) is 3. The number of carbonyl (C=O) groups is 2. The lowest BCUT2D eigenvalue weighted by Gasteiger charge is -2.14. The predicted octanol–water partition coefficient (Wildman–Crippen LogP) is 0.125. The van der Waals surface area contributed by atoms with Crippen molar-refractivity contribution in [1.82, 2.24) is 20.4 Å². The molecule has 0 bridgehead atoms. The van der Waals surface area contributed by atoms with Crippen molar-refractivity contribution >= 4 is 12.0 Å². The van der Waals surface area contributed by atoms with Crippen LogP contribution in [0.1, 0.15) is 18.5 Å². The van der Waals surface area contributed by atoms with Gasteiger partial charge in [0.25, 0.3) is 0 Å². The van der Waals surface area contributed by atoms with Gasteiger partial charge in [0.15, 0.2) is 0 Å². The third kappa shape index (κ3) is 3.97. The molecule has 0 saturated heterocycles. The van der Waals surface area contributed by atoms with Crippen LogP contribution in [0.4, 0.5) is 4.79 Å². The van der Waals surface area contributed by atoms with Crippen molar-refractivity contribution in [3.8, 4) is 0 Å². The van der Waals surface area contributed by atoms with Crippen LogP contribution in [0.3, 0.4) is 0 Å². The van der Waals surface area contributed by atoms with E-state index in [2.05, 4.69) is 15.7 Å². The van der Waals surface area contributed by atoms with Gasteiger partial charge < -0.3 is 15.7 Å². The standard InChI is InChI=1S/C12H18N4O3/c1-16-7-5-9(15-16)4-6-13-12(19)14-10(11(17)18)8-2-3-8/h5,7-8,10H,2-4,6H2,1H3,(H,17,18)(H2,13,14,19). The monoisotopic (exact) mass is 266 g/mol. The Balaban J connectivity index is 1.70. The van der Waals surface area contributed by atoms with Gasteiger partial charge in [-0.15, -0.1) is 0 Å². The van der Waals surface area contributed by atoms with Crippen molar-refractivity contribution in [3.63, 3.8) is 0 Å². The summed E-state index contributed by atoms with van der Waals surface area (Å²) in [6.07, 6.45) is 4.19. The molecule has 1 aromatic heterocycles. The molecule has 1 saturated carbocycles. The van der Waals surface area contributed by atoms with E-state index >= 15 is 0 Å². The zero-order chi connectivity index (χ0) is 13.8. The Morgan fingerprint density at radius 2 is 2.32 bits per heavy atom. The van der Waals surface area contributed by atoms with Gasteiger partial charge in [-0.05, 0) is 24.8 Å². The lowest BCUT2D eigenvalue weighted by atomic mass is 10.2. The molecule has 7 nitrogen and oxygen atoms in total. The van der Waals surface area contributed by atoms with E-state index in [1.54, 1.807) is 4.68 Å². The first kappa shape index (κ1) is 13.4. The number of aryl methyl sites for hydroxylation is 1. The van der Waals surface area contributed by atoms with E-state index in [0.29, 0.717) is 13.0 Å². The maximum atomic E-state index is 11.6. The molecule has 104 valence electrons. The van der Waals surface area contributed by atoms with Gasteiger partial charge >= 0.3 is 12.0 Å². The van der Waals surface area contributed by atoms with Crippen molar-refractivity contribution in [3.05, 3.63) is 18.0 Å². The summed E-state index contributed by atoms with van der Waals surface area (Å²) in [6, 6.07) is 0.675. The number of aliphatic carboxylic acids is 1. The SMILES string of the molecule is Cn1ccc(CCNC(=O)NC(C(=O)O)C2CC2)n1. The quantitative estimate of drug-likeness (QED) is 0.681. The van der Waals surface area contributed by atoms with Gasteiger partial charge in [-0.2, -0.15) is 5.10 Å². The third-order valence-corrected chi connectivity index (χ3v) is 3.08. The highest BCUT2D eigenvalue weighted by atomic mass is 16.4. The first-order valence-corrected chi connectivity index (χ1v) is 6.32. The van der Waals surface area contributed by atoms with Crippen LogP contribution in [-0.4, -0.2) is 39.5 Å². The molecule has 1 unspecified atom stereocenters. The van der Waals surface area contributed by atoms with Crippen LogP contribution in [0.15, 0.2) is 12.3 Å². The van der Waals surface area contributed by atoms with E-state index in [9.17, 15) is 9.59 Å². The Kier molecular flexibility index (Phi) is 4.03. The van der Waals surface area contributed by atoms with Gasteiger partial charge in [0.05, 0.1) is 5.69 Å². The maximum Gasteiger partial charge on any atom is 0.326 e. The van der Waals surface area contributed by atoms with Gasteiger partial charge in [-0.1, -0.05) is 0 Å². The Morgan fingerprint density at radius 3 is 2.84 bits per heavy atom. The van der Waals surface area contributed by atoms with Crippen LogP contribution in [-0.2, 0) is 18.3 Å². The molecule has 0 aromatic carbocycles. The van der Waals surface area contributed by atoms with Gasteiger partial charge in [0.1, 0.15) is 6.04 Å². The number of nitrogens with one attached hydrogen (secondary N) is 2. The highest BCUT2D eigenvalue weighted by Gasteiger charge is 2.37. The highest BCUT2D eigenvalue weighted by molar-refractivity contribution is 5.83. The summed E-state index contributed by atoms with van der Waals surface area (Å²) >= 11 is 0. The normalized spacial score (nSPS) is 15.8. The van der Waals surface area contributed by atoms with E-state index in [0.717, 1.165) is 18.5 Å². The summed E-state index contributed by atoms with van der Waals surface area (Å²) in [6.45, 7) is 0.430. The second-order valence-corrected chi connectivity index (χ2v) is 4.78. The lowest BCUT2D eigenvalue weighted by molar-refractivity contribution is -0.139. The van der Waals surface area contributed by atoms with E-state index < -0.39 is 18.0 Å². The number of amides is 2. The summed E-state index contributed by atoms with van der Waals surface area (Å²) in [5, 5.41) is 18.3. The highest BCUT2D eigenvalue weighted by Crippen LogP contribution is 2.32. The average Bonchev–Trinajstić information content (AvgIpc) is 3.10. The number of carboxylic acid groups (broad SMARTS) is 1. The van der Waals surface area contributed by atoms with Crippen LogP contribution >= 0.6 is 0 Å². The lowest BCUT2D eigenvalue weighted by Crippen LogP contribution is -2.47. The molecule has 0 radical (unpaired) electrons. The second-order valence-electron chi connectivity index (χ2n) is 4.78. The van der Waals surface area contributed by atoms with Crippen LogP contribution in [0.2, 0.25) is 0 Å². The molecule has 7 heteroatoms. The molecule has 0 aliphatic heterocycles. The smallest absolute Gasteiger partial charge is 0.326 e. The van der Waals surface area contributed by atoms with Crippen LogP contribution in [0.25, 0.3) is 0 Å². The van der Waals surface area contributed by atoms with E-state index in [-0.39, 0.29) is 5.92 Å². The minimum Gasteiger partial charge on any atom is -0.480 e. The van der Waals surface area contributed by atoms with Crippen LogP contribution in [0.5, 0.6) is 0 Å². The van der Waals surface area contributed by atoms with Crippen molar-refractivity contribution in [2.24, 2.45) is 13.0 Å². The first-order valence-electron chi connectivity index (χ1n) is 6.32. The van der Waals surface area contributed by atoms with Gasteiger partial charge in [-0.3, -0.25) is 4.68 Å². The summed E-state index contributed by atoms with van der Waals surface area (Å²) < 4.78 is 1.70. The number of hydrogen-bond acceptors (Lipinski definition) is 3. The Labute approximate surface area is 111 Å². The molecule has 19 heavy (non-hydrogen) atoms. The van der Waals surface area contributed by atoms with E-state index in [4.69, 9.17) is 5.11 Å². The minimum atomic E-state index is -0.970. The van der Waals surface area contributed by atoms with Gasteiger partial charge in [0, 0.05) is 26.2 Å². The molecular weight excluding hydrogens is 248 g/mol. The van der Waals surface area contributed by atoms with Crippen molar-refractivity contribution in [2.45, 2.75) is 25.3 Å². The van der Waals surface area contributed by atoms with Crippen LogP contribution in [0, 0.1) is 5.92 Å². The van der Waals surface area contributed by atoms with Crippen molar-refractivity contribution in [1.29, 1.82) is 0 Å². The van der Waals surface area contributed by atoms with Gasteiger partial charge in [-0.25, -0.2) is 9.59 Å². The number of carbonyl (C=O) groups excluding carboxylic acids is 1. The molecule has 1 atom stereocenters. The second kappa shape index (κ2) is 5.73. The third-order valence-electron chi connectivity index (χ3n) is 3.08. The molecular formula is C12H18N4O3. The molecule has 1 fully saturated rings. The molecule has 1 aromatic rings. The van der Waals surface area contributed by atoms with Crippen LogP contribution < -0.4 is 10.6 Å². The van der Waals surface area contributed by atoms with Crippen molar-refractivity contribution in [2.75, 3.05) is 6.54 Å². The fraction of sp³-hybridized carbons (Fsp3) is 0.583. The first-order chi connectivity index (χ1) is 9.06. The summed E-state index contributed by atoms with van der Waals surface area (Å²) in [5.41, 5.74) is 0.889. The number of rotatable bonds is 6. The average molecular weight is 266 g/mol. The molecule has 1 heterocycles. The fourth-order valence-corrected chi connectivity index (χ4v) is 1.90. The summed E-state index contributed by atoms with van der Waals surface area (Å²) in [7, 11) is 1.83. The van der Waals surface area contributed by atoms with E-state index in [1.165, 1.54) is 0 Å². The maximum absolute atomic E-state index is 11.6. The number of urea groups is 1. The molecule has 3 N–H and O–H groups in total. The van der Waals surface area contributed by atoms with E-state index in [1.807, 2.05) is 19.3 Å². The molecule has 2 rings (SSSR count). The summed E-state index contributed by atoms with van der Waals surface area (Å²) in [5.74, 6) is -0.888. The Morgan fingerprint density at radius 1 is 1.58 bits per heavy atom. The largest absolute Gasteiger partial charge is 0.480 e. The van der Waals surface area contributed by atoms with Gasteiger partial charge in [0.2, 0.25) is 0 Å². The number of aromatic nitrogens is 2. The molecule has 1 aliphatic rings. The summed E-state index contributed by atoms with van der Waals surface area (Å²) in [4.78, 5) is 22.5. The number of carboxylic acids is 1. The van der Waals surface area contributed by atoms with Crippen molar-refractivity contribution < 1.29 is 14.7 Å². The molecule has 1 aliphatic carbocycles. The fourth-order valence-electron chi connectivity index (χ4n) is 1.90.